The molecule has 2 aromatic heterocycles. The lowest BCUT2D eigenvalue weighted by Gasteiger charge is -2.24. The number of nitrogens with two attached hydrogens (primary N) is 1. The molecule has 6 rings (SSSR count). The van der Waals surface area contributed by atoms with Crippen molar-refractivity contribution in [2.45, 2.75) is 38.3 Å². The van der Waals surface area contributed by atoms with E-state index in [2.05, 4.69) is 14.8 Å². The Morgan fingerprint density at radius 3 is 2.72 bits per heavy atom. The van der Waals surface area contributed by atoms with Gasteiger partial charge in [-0.05, 0) is 68.0 Å². The Morgan fingerprint density at radius 2 is 1.97 bits per heavy atom. The number of carbonyl (C=O) groups excluding carboxylic acids is 1. The first-order valence-corrected chi connectivity index (χ1v) is 12.9. The summed E-state index contributed by atoms with van der Waals surface area (Å²) in [5.41, 5.74) is 8.47. The number of hydrogen-bond acceptors (Lipinski definition) is 6. The van der Waals surface area contributed by atoms with Crippen molar-refractivity contribution in [2.75, 3.05) is 12.3 Å². The summed E-state index contributed by atoms with van der Waals surface area (Å²) >= 11 is 0. The van der Waals surface area contributed by atoms with Crippen molar-refractivity contribution in [3.05, 3.63) is 83.9 Å². The molecule has 2 fully saturated rings. The lowest BCUT2D eigenvalue weighted by Crippen LogP contribution is -2.38. The molecule has 0 spiro atoms. The van der Waals surface area contributed by atoms with Gasteiger partial charge in [-0.3, -0.25) is 4.79 Å². The first-order chi connectivity index (χ1) is 19.0. The number of halogens is 1. The molecule has 1 amide bonds. The number of aromatic nitrogens is 4. The molecular weight excluding hydrogens is 497 g/mol. The number of nitrogens with zero attached hydrogens (tertiary/aromatic N) is 6. The Labute approximate surface area is 224 Å². The average molecular weight is 524 g/mol. The van der Waals surface area contributed by atoms with Crippen LogP contribution in [0, 0.1) is 18.3 Å². The van der Waals surface area contributed by atoms with E-state index < -0.39 is 0 Å². The third-order valence-electron chi connectivity index (χ3n) is 7.09. The van der Waals surface area contributed by atoms with E-state index in [1.807, 2.05) is 18.2 Å². The van der Waals surface area contributed by atoms with Crippen LogP contribution in [0.5, 0.6) is 11.5 Å². The van der Waals surface area contributed by atoms with Crippen LogP contribution in [0.1, 0.15) is 25.7 Å². The molecule has 39 heavy (non-hydrogen) atoms. The fourth-order valence-electron chi connectivity index (χ4n) is 4.99. The molecule has 4 aromatic rings. The van der Waals surface area contributed by atoms with Crippen LogP contribution in [-0.2, 0) is 11.3 Å². The molecule has 196 valence electrons. The van der Waals surface area contributed by atoms with Gasteiger partial charge in [-0.2, -0.15) is 5.10 Å². The molecule has 1 aliphatic carbocycles. The van der Waals surface area contributed by atoms with E-state index in [-0.39, 0.29) is 23.5 Å². The van der Waals surface area contributed by atoms with Crippen LogP contribution in [0.3, 0.4) is 0 Å². The lowest BCUT2D eigenvalue weighted by atomic mass is 10.1. The summed E-state index contributed by atoms with van der Waals surface area (Å²) in [4.78, 5) is 27.2. The van der Waals surface area contributed by atoms with Gasteiger partial charge in [0.1, 0.15) is 35.2 Å². The van der Waals surface area contributed by atoms with Crippen LogP contribution < -0.4 is 10.5 Å². The van der Waals surface area contributed by atoms with Crippen LogP contribution in [0.4, 0.5) is 10.2 Å². The summed E-state index contributed by atoms with van der Waals surface area (Å²) < 4.78 is 21.1. The number of fused-ring (bicyclic) bond motifs is 1. The molecule has 3 heterocycles. The molecule has 1 saturated heterocycles. The van der Waals surface area contributed by atoms with Gasteiger partial charge in [-0.15, -0.1) is 0 Å². The van der Waals surface area contributed by atoms with E-state index in [1.54, 1.807) is 33.8 Å². The van der Waals surface area contributed by atoms with Crippen LogP contribution >= 0.6 is 0 Å². The van der Waals surface area contributed by atoms with E-state index in [9.17, 15) is 9.18 Å². The Morgan fingerprint density at radius 1 is 1.15 bits per heavy atom. The van der Waals surface area contributed by atoms with Gasteiger partial charge in [0.2, 0.25) is 5.70 Å². The van der Waals surface area contributed by atoms with E-state index in [0.29, 0.717) is 53.1 Å². The van der Waals surface area contributed by atoms with Crippen LogP contribution in [0.15, 0.2) is 66.6 Å². The number of likely N-dealkylation sites (tertiary alicyclic amines) is 1. The third kappa shape index (κ3) is 5.03. The number of ether oxygens (including phenoxy) is 1. The third-order valence-corrected chi connectivity index (χ3v) is 7.09. The molecule has 10 heteroatoms. The number of nitrogen functional groups attached to an aromatic ring is 1. The highest BCUT2D eigenvalue weighted by molar-refractivity contribution is 5.98. The first-order valence-electron chi connectivity index (χ1n) is 12.9. The SMILES string of the molecule is [C-]#[N+]/C(=C/C1CC1)C(=O)N1CCC[C@@H]1Cn1nc(-c2ccc(Oc3cccc(F)c3)cc2)c2c(N)ncnc21. The highest BCUT2D eigenvalue weighted by atomic mass is 19.1. The normalized spacial score (nSPS) is 17.4. The second-order valence-corrected chi connectivity index (χ2v) is 9.87. The minimum Gasteiger partial charge on any atom is -0.457 e. The molecular formula is C29H26FN7O2. The summed E-state index contributed by atoms with van der Waals surface area (Å²) in [6, 6.07) is 13.1. The molecule has 2 N–H and O–H groups in total. The Balaban J connectivity index is 1.28. The highest BCUT2D eigenvalue weighted by Gasteiger charge is 2.33. The fourth-order valence-corrected chi connectivity index (χ4v) is 4.99. The summed E-state index contributed by atoms with van der Waals surface area (Å²) in [6.07, 6.45) is 6.98. The van der Waals surface area contributed by atoms with Crippen molar-refractivity contribution in [1.29, 1.82) is 0 Å². The second-order valence-electron chi connectivity index (χ2n) is 9.87. The summed E-state index contributed by atoms with van der Waals surface area (Å²) in [5, 5.41) is 5.48. The molecule has 2 aromatic carbocycles. The Hall–Kier alpha value is -4.78. The predicted octanol–water partition coefficient (Wildman–Crippen LogP) is 5.21. The fraction of sp³-hybridized carbons (Fsp3) is 0.276. The van der Waals surface area contributed by atoms with E-state index >= 15 is 0 Å². The van der Waals surface area contributed by atoms with Crippen LogP contribution in [-0.4, -0.2) is 43.1 Å². The van der Waals surface area contributed by atoms with Crippen molar-refractivity contribution in [3.8, 4) is 22.8 Å². The maximum absolute atomic E-state index is 13.5. The van der Waals surface area contributed by atoms with Crippen molar-refractivity contribution in [2.24, 2.45) is 5.92 Å². The lowest BCUT2D eigenvalue weighted by molar-refractivity contribution is -0.127. The zero-order valence-corrected chi connectivity index (χ0v) is 21.1. The average Bonchev–Trinajstić information content (AvgIpc) is 3.51. The van der Waals surface area contributed by atoms with Gasteiger partial charge in [0.15, 0.2) is 5.65 Å². The predicted molar refractivity (Wildman–Crippen MR) is 144 cm³/mol. The van der Waals surface area contributed by atoms with Gasteiger partial charge >= 0.3 is 0 Å². The van der Waals surface area contributed by atoms with Gasteiger partial charge < -0.3 is 15.4 Å². The number of hydrogen-bond donors (Lipinski definition) is 1. The molecule has 1 saturated carbocycles. The van der Waals surface area contributed by atoms with Crippen molar-refractivity contribution in [3.63, 3.8) is 0 Å². The quantitative estimate of drug-likeness (QED) is 0.263. The van der Waals surface area contributed by atoms with Gasteiger partial charge in [-0.1, -0.05) is 12.1 Å². The van der Waals surface area contributed by atoms with Crippen molar-refractivity contribution < 1.29 is 13.9 Å². The molecule has 0 unspecified atom stereocenters. The number of benzene rings is 2. The number of allylic oxidation sites excluding steroid dienone is 1. The number of carbonyl (C=O) groups is 1. The van der Waals surface area contributed by atoms with Gasteiger partial charge in [-0.25, -0.2) is 23.9 Å². The summed E-state index contributed by atoms with van der Waals surface area (Å²) in [6.45, 7) is 8.55. The van der Waals surface area contributed by atoms with Gasteiger partial charge in [0.25, 0.3) is 5.91 Å². The first kappa shape index (κ1) is 24.6. The van der Waals surface area contributed by atoms with Gasteiger partial charge in [0, 0.05) is 18.2 Å². The molecule has 1 atom stereocenters. The largest absolute Gasteiger partial charge is 0.457 e. The number of amides is 1. The topological polar surface area (TPSA) is 104 Å². The Kier molecular flexibility index (Phi) is 6.40. The smallest absolute Gasteiger partial charge is 0.252 e. The minimum atomic E-state index is -0.372. The maximum atomic E-state index is 13.5. The van der Waals surface area contributed by atoms with Gasteiger partial charge in [0.05, 0.1) is 24.5 Å². The number of rotatable bonds is 7. The minimum absolute atomic E-state index is 0.115. The maximum Gasteiger partial charge on any atom is 0.252 e. The van der Waals surface area contributed by atoms with E-state index in [4.69, 9.17) is 22.1 Å². The zero-order valence-electron chi connectivity index (χ0n) is 21.1. The number of anilines is 1. The molecule has 0 radical (unpaired) electrons. The monoisotopic (exact) mass is 523 g/mol. The molecule has 2 aliphatic rings. The zero-order chi connectivity index (χ0) is 26.9. The molecule has 1 aliphatic heterocycles. The molecule has 0 bridgehead atoms. The van der Waals surface area contributed by atoms with Crippen LogP contribution in [0.2, 0.25) is 0 Å². The van der Waals surface area contributed by atoms with E-state index in [1.165, 1.54) is 18.5 Å². The standard InChI is InChI=1S/C29H26FN7O2/c1-32-24(14-18-7-8-18)29(38)36-13-3-5-21(36)16-37-28-25(27(31)33-17-34-28)26(35-37)19-9-11-22(12-10-19)39-23-6-2-4-20(30)15-23/h2,4,6,9-12,14-15,17-18,21H,3,5,7-8,13,16H2,(H2,31,33,34)/b24-14+/t21-/m1/s1. The molecule has 9 nitrogen and oxygen atoms in total. The van der Waals surface area contributed by atoms with Crippen molar-refractivity contribution >= 4 is 22.8 Å². The Bertz CT molecular complexity index is 1620. The van der Waals surface area contributed by atoms with E-state index in [0.717, 1.165) is 31.2 Å². The van der Waals surface area contributed by atoms with Crippen molar-refractivity contribution in [1.82, 2.24) is 24.6 Å². The summed E-state index contributed by atoms with van der Waals surface area (Å²) in [7, 11) is 0. The second kappa shape index (κ2) is 10.2. The van der Waals surface area contributed by atoms with Crippen LogP contribution in [0.25, 0.3) is 27.1 Å². The summed E-state index contributed by atoms with van der Waals surface area (Å²) in [5.74, 6) is 1.03. The highest BCUT2D eigenvalue weighted by Crippen LogP contribution is 2.34.